The third-order valence-corrected chi connectivity index (χ3v) is 3.49. The molecule has 1 atom stereocenters. The van der Waals surface area contributed by atoms with Gasteiger partial charge in [0.2, 0.25) is 5.91 Å². The topological polar surface area (TPSA) is 62.7 Å². The van der Waals surface area contributed by atoms with Crippen LogP contribution in [0.5, 0.6) is 0 Å². The van der Waals surface area contributed by atoms with Gasteiger partial charge in [-0.1, -0.05) is 11.8 Å². The van der Waals surface area contributed by atoms with Crippen LogP contribution in [0.3, 0.4) is 0 Å². The Morgan fingerprint density at radius 2 is 2.62 bits per heavy atom. The standard InChI is InChI=1S/C10H17N3O2S/c14-9(7-16-10-11-3-4-12-10)13-6-8-2-1-5-15-8/h8H,1-7H2,(H,11,12)(H,13,14). The van der Waals surface area contributed by atoms with E-state index in [0.29, 0.717) is 12.3 Å². The average molecular weight is 243 g/mol. The van der Waals surface area contributed by atoms with E-state index < -0.39 is 0 Å². The molecule has 0 saturated carbocycles. The first-order valence-electron chi connectivity index (χ1n) is 5.64. The van der Waals surface area contributed by atoms with Gasteiger partial charge in [0.25, 0.3) is 0 Å². The largest absolute Gasteiger partial charge is 0.376 e. The molecule has 5 nitrogen and oxygen atoms in total. The van der Waals surface area contributed by atoms with Gasteiger partial charge in [0.1, 0.15) is 0 Å². The van der Waals surface area contributed by atoms with Crippen molar-refractivity contribution in [2.75, 3.05) is 32.0 Å². The number of carbonyl (C=O) groups is 1. The maximum absolute atomic E-state index is 11.5. The summed E-state index contributed by atoms with van der Waals surface area (Å²) in [6.07, 6.45) is 2.38. The predicted octanol–water partition coefficient (Wildman–Crippen LogP) is -0.0260. The van der Waals surface area contributed by atoms with Gasteiger partial charge in [-0.2, -0.15) is 0 Å². The van der Waals surface area contributed by atoms with Crippen LogP contribution in [-0.4, -0.2) is 49.2 Å². The van der Waals surface area contributed by atoms with E-state index in [2.05, 4.69) is 15.6 Å². The lowest BCUT2D eigenvalue weighted by Crippen LogP contribution is -2.33. The molecule has 0 aliphatic carbocycles. The van der Waals surface area contributed by atoms with Gasteiger partial charge in [0.15, 0.2) is 5.17 Å². The molecular formula is C10H17N3O2S. The molecule has 0 radical (unpaired) electrons. The van der Waals surface area contributed by atoms with Gasteiger partial charge in [0.05, 0.1) is 18.4 Å². The molecule has 2 aliphatic rings. The van der Waals surface area contributed by atoms with E-state index in [-0.39, 0.29) is 12.0 Å². The van der Waals surface area contributed by atoms with Crippen molar-refractivity contribution in [2.24, 2.45) is 4.99 Å². The first-order chi connectivity index (χ1) is 7.84. The number of hydrogen-bond donors (Lipinski definition) is 2. The number of nitrogens with zero attached hydrogens (tertiary/aromatic N) is 1. The number of ether oxygens (including phenoxy) is 1. The Hall–Kier alpha value is -0.750. The summed E-state index contributed by atoms with van der Waals surface area (Å²) in [6, 6.07) is 0. The normalized spacial score (nSPS) is 24.0. The fourth-order valence-corrected chi connectivity index (χ4v) is 2.45. The fraction of sp³-hybridized carbons (Fsp3) is 0.800. The quantitative estimate of drug-likeness (QED) is 0.728. The molecule has 0 aromatic carbocycles. The minimum absolute atomic E-state index is 0.0527. The minimum atomic E-state index is 0.0527. The van der Waals surface area contributed by atoms with Crippen molar-refractivity contribution in [3.8, 4) is 0 Å². The van der Waals surface area contributed by atoms with Crippen molar-refractivity contribution < 1.29 is 9.53 Å². The smallest absolute Gasteiger partial charge is 0.230 e. The second-order valence-corrected chi connectivity index (χ2v) is 4.81. The minimum Gasteiger partial charge on any atom is -0.376 e. The van der Waals surface area contributed by atoms with E-state index >= 15 is 0 Å². The Bertz CT molecular complexity index is 277. The lowest BCUT2D eigenvalue weighted by molar-refractivity contribution is -0.119. The third kappa shape index (κ3) is 3.68. The Labute approximate surface area is 99.4 Å². The molecule has 2 rings (SSSR count). The van der Waals surface area contributed by atoms with Gasteiger partial charge in [-0.05, 0) is 12.8 Å². The number of amides is 1. The van der Waals surface area contributed by atoms with Crippen molar-refractivity contribution in [3.63, 3.8) is 0 Å². The van der Waals surface area contributed by atoms with Crippen LogP contribution in [0.1, 0.15) is 12.8 Å². The number of rotatable bonds is 4. The summed E-state index contributed by atoms with van der Waals surface area (Å²) in [6.45, 7) is 3.18. The van der Waals surface area contributed by atoms with Crippen molar-refractivity contribution >= 4 is 22.8 Å². The molecule has 90 valence electrons. The lowest BCUT2D eigenvalue weighted by Gasteiger charge is -2.10. The second kappa shape index (κ2) is 6.10. The van der Waals surface area contributed by atoms with Crippen LogP contribution in [0.15, 0.2) is 4.99 Å². The highest BCUT2D eigenvalue weighted by Crippen LogP contribution is 2.10. The molecule has 0 aromatic rings. The summed E-state index contributed by atoms with van der Waals surface area (Å²) in [4.78, 5) is 15.7. The van der Waals surface area contributed by atoms with Crippen LogP contribution >= 0.6 is 11.8 Å². The van der Waals surface area contributed by atoms with E-state index in [0.717, 1.165) is 37.7 Å². The first-order valence-corrected chi connectivity index (χ1v) is 6.62. The number of hydrogen-bond acceptors (Lipinski definition) is 5. The van der Waals surface area contributed by atoms with E-state index in [9.17, 15) is 4.79 Å². The number of nitrogens with one attached hydrogen (secondary N) is 2. The Morgan fingerprint density at radius 3 is 3.31 bits per heavy atom. The molecule has 0 bridgehead atoms. The van der Waals surface area contributed by atoms with Crippen molar-refractivity contribution in [1.29, 1.82) is 0 Å². The Morgan fingerprint density at radius 1 is 1.69 bits per heavy atom. The summed E-state index contributed by atoms with van der Waals surface area (Å²) in [5.41, 5.74) is 0. The average Bonchev–Trinajstić information content (AvgIpc) is 2.96. The summed E-state index contributed by atoms with van der Waals surface area (Å²) < 4.78 is 5.42. The molecular weight excluding hydrogens is 226 g/mol. The van der Waals surface area contributed by atoms with Crippen LogP contribution in [0.25, 0.3) is 0 Å². The Kier molecular flexibility index (Phi) is 4.47. The van der Waals surface area contributed by atoms with Gasteiger partial charge < -0.3 is 15.4 Å². The monoisotopic (exact) mass is 243 g/mol. The predicted molar refractivity (Wildman–Crippen MR) is 64.7 cm³/mol. The molecule has 1 amide bonds. The van der Waals surface area contributed by atoms with Crippen LogP contribution in [0, 0.1) is 0 Å². The molecule has 2 N–H and O–H groups in total. The van der Waals surface area contributed by atoms with Crippen molar-refractivity contribution in [1.82, 2.24) is 10.6 Å². The van der Waals surface area contributed by atoms with Gasteiger partial charge in [-0.25, -0.2) is 0 Å². The number of carbonyl (C=O) groups excluding carboxylic acids is 1. The molecule has 16 heavy (non-hydrogen) atoms. The van der Waals surface area contributed by atoms with Crippen molar-refractivity contribution in [3.05, 3.63) is 0 Å². The van der Waals surface area contributed by atoms with Crippen LogP contribution in [0.2, 0.25) is 0 Å². The number of amidine groups is 1. The zero-order valence-electron chi connectivity index (χ0n) is 9.20. The molecule has 0 spiro atoms. The number of aliphatic imine (C=N–C) groups is 1. The molecule has 6 heteroatoms. The highest BCUT2D eigenvalue weighted by molar-refractivity contribution is 8.14. The van der Waals surface area contributed by atoms with E-state index in [1.807, 2.05) is 0 Å². The highest BCUT2D eigenvalue weighted by Gasteiger charge is 2.16. The molecule has 0 aromatic heterocycles. The number of thioether (sulfide) groups is 1. The fourth-order valence-electron chi connectivity index (χ4n) is 1.69. The SMILES string of the molecule is O=C(CSC1=NCCN1)NCC1CCCO1. The van der Waals surface area contributed by atoms with Gasteiger partial charge in [-0.3, -0.25) is 9.79 Å². The van der Waals surface area contributed by atoms with Crippen LogP contribution < -0.4 is 10.6 Å². The summed E-state index contributed by atoms with van der Waals surface area (Å²) in [5.74, 6) is 0.482. The van der Waals surface area contributed by atoms with E-state index in [1.165, 1.54) is 11.8 Å². The zero-order chi connectivity index (χ0) is 11.2. The summed E-state index contributed by atoms with van der Waals surface area (Å²) in [7, 11) is 0. The third-order valence-electron chi connectivity index (χ3n) is 2.53. The van der Waals surface area contributed by atoms with Crippen molar-refractivity contribution in [2.45, 2.75) is 18.9 Å². The molecule has 1 unspecified atom stereocenters. The van der Waals surface area contributed by atoms with Crippen LogP contribution in [-0.2, 0) is 9.53 Å². The summed E-state index contributed by atoms with van der Waals surface area (Å²) in [5, 5.41) is 6.88. The summed E-state index contributed by atoms with van der Waals surface area (Å²) >= 11 is 1.46. The van der Waals surface area contributed by atoms with Gasteiger partial charge >= 0.3 is 0 Å². The maximum Gasteiger partial charge on any atom is 0.230 e. The van der Waals surface area contributed by atoms with E-state index in [4.69, 9.17) is 4.74 Å². The second-order valence-electron chi connectivity index (χ2n) is 3.84. The van der Waals surface area contributed by atoms with Crippen LogP contribution in [0.4, 0.5) is 0 Å². The molecule has 1 fully saturated rings. The Balaban J connectivity index is 1.56. The maximum atomic E-state index is 11.5. The molecule has 2 aliphatic heterocycles. The molecule has 1 saturated heterocycles. The highest BCUT2D eigenvalue weighted by atomic mass is 32.2. The van der Waals surface area contributed by atoms with Gasteiger partial charge in [-0.15, -0.1) is 0 Å². The molecule has 2 heterocycles. The van der Waals surface area contributed by atoms with E-state index in [1.54, 1.807) is 0 Å². The lowest BCUT2D eigenvalue weighted by atomic mass is 10.2. The zero-order valence-corrected chi connectivity index (χ0v) is 10.0. The first kappa shape index (κ1) is 11.7. The van der Waals surface area contributed by atoms with Gasteiger partial charge in [0, 0.05) is 19.7 Å².